The van der Waals surface area contributed by atoms with Crippen LogP contribution >= 0.6 is 23.4 Å². The number of aromatic nitrogens is 2. The summed E-state index contributed by atoms with van der Waals surface area (Å²) in [5.74, 6) is 0. The van der Waals surface area contributed by atoms with Crippen LogP contribution in [0.1, 0.15) is 5.69 Å². The zero-order valence-corrected chi connectivity index (χ0v) is 10.9. The van der Waals surface area contributed by atoms with Gasteiger partial charge in [-0.25, -0.2) is 9.97 Å². The van der Waals surface area contributed by atoms with Crippen molar-refractivity contribution in [2.75, 3.05) is 0 Å². The molecule has 0 aliphatic carbocycles. The molecule has 0 saturated heterocycles. The summed E-state index contributed by atoms with van der Waals surface area (Å²) in [7, 11) is 0. The van der Waals surface area contributed by atoms with E-state index in [4.69, 9.17) is 11.6 Å². The molecule has 0 atom stereocenters. The van der Waals surface area contributed by atoms with Gasteiger partial charge >= 0.3 is 5.69 Å². The van der Waals surface area contributed by atoms with E-state index in [0.717, 1.165) is 4.90 Å². The van der Waals surface area contributed by atoms with Gasteiger partial charge in [0.1, 0.15) is 5.69 Å². The zero-order valence-electron chi connectivity index (χ0n) is 9.33. The minimum atomic E-state index is -0.489. The maximum Gasteiger partial charge on any atom is 0.322 e. The minimum absolute atomic E-state index is 0.0107. The van der Waals surface area contributed by atoms with Crippen molar-refractivity contribution in [2.24, 2.45) is 0 Å². The van der Waals surface area contributed by atoms with Gasteiger partial charge in [0.2, 0.25) is 5.28 Å². The first-order chi connectivity index (χ1) is 8.58. The molecule has 2 rings (SSSR count). The Bertz CT molecular complexity index is 592. The molecule has 92 valence electrons. The highest BCUT2D eigenvalue weighted by Gasteiger charge is 2.22. The number of rotatable bonds is 3. The van der Waals surface area contributed by atoms with Crippen molar-refractivity contribution >= 4 is 29.1 Å². The van der Waals surface area contributed by atoms with Gasteiger partial charge in [-0.1, -0.05) is 30.0 Å². The van der Waals surface area contributed by atoms with E-state index in [2.05, 4.69) is 9.97 Å². The Morgan fingerprint density at radius 1 is 1.28 bits per heavy atom. The van der Waals surface area contributed by atoms with Crippen LogP contribution in [0, 0.1) is 17.0 Å². The highest BCUT2D eigenvalue weighted by Crippen LogP contribution is 2.34. The molecule has 1 aromatic carbocycles. The normalized spacial score (nSPS) is 10.3. The van der Waals surface area contributed by atoms with Crippen LogP contribution in [0.2, 0.25) is 5.28 Å². The molecule has 0 saturated carbocycles. The van der Waals surface area contributed by atoms with Crippen molar-refractivity contribution in [2.45, 2.75) is 16.8 Å². The molecule has 1 aromatic heterocycles. The van der Waals surface area contributed by atoms with Crippen LogP contribution < -0.4 is 0 Å². The number of aryl methyl sites for hydroxylation is 1. The first-order valence-corrected chi connectivity index (χ1v) is 6.19. The van der Waals surface area contributed by atoms with Crippen molar-refractivity contribution in [3.63, 3.8) is 0 Å². The van der Waals surface area contributed by atoms with Crippen molar-refractivity contribution in [1.82, 2.24) is 9.97 Å². The molecule has 0 amide bonds. The summed E-state index contributed by atoms with van der Waals surface area (Å²) in [4.78, 5) is 19.1. The fraction of sp³-hybridized carbons (Fsp3) is 0.0909. The largest absolute Gasteiger partial charge is 0.322 e. The standard InChI is InChI=1S/C11H8ClN3O2S/c1-7-9(15(16)17)10(14-11(12)13-7)18-8-5-3-2-4-6-8/h2-6H,1H3. The van der Waals surface area contributed by atoms with Crippen LogP contribution in [0.3, 0.4) is 0 Å². The van der Waals surface area contributed by atoms with E-state index >= 15 is 0 Å². The van der Waals surface area contributed by atoms with Crippen molar-refractivity contribution < 1.29 is 4.92 Å². The fourth-order valence-corrected chi connectivity index (χ4v) is 2.62. The van der Waals surface area contributed by atoms with Crippen LogP contribution in [-0.2, 0) is 0 Å². The van der Waals surface area contributed by atoms with E-state index in [9.17, 15) is 10.1 Å². The van der Waals surface area contributed by atoms with Crippen molar-refractivity contribution in [3.8, 4) is 0 Å². The van der Waals surface area contributed by atoms with Gasteiger partial charge in [-0.2, -0.15) is 0 Å². The molecular formula is C11H8ClN3O2S. The number of hydrogen-bond acceptors (Lipinski definition) is 5. The fourth-order valence-electron chi connectivity index (χ4n) is 1.39. The summed E-state index contributed by atoms with van der Waals surface area (Å²) in [6.07, 6.45) is 0. The van der Waals surface area contributed by atoms with E-state index < -0.39 is 4.92 Å². The highest BCUT2D eigenvalue weighted by molar-refractivity contribution is 7.99. The summed E-state index contributed by atoms with van der Waals surface area (Å²) < 4.78 is 0. The third-order valence-electron chi connectivity index (χ3n) is 2.14. The van der Waals surface area contributed by atoms with Gasteiger partial charge in [0.05, 0.1) is 4.92 Å². The minimum Gasteiger partial charge on any atom is -0.258 e. The summed E-state index contributed by atoms with van der Waals surface area (Å²) in [6, 6.07) is 9.27. The lowest BCUT2D eigenvalue weighted by atomic mass is 10.4. The number of hydrogen-bond donors (Lipinski definition) is 0. The Morgan fingerprint density at radius 3 is 2.56 bits per heavy atom. The molecule has 0 bridgehead atoms. The van der Waals surface area contributed by atoms with Crippen LogP contribution in [0.4, 0.5) is 5.69 Å². The van der Waals surface area contributed by atoms with E-state index in [0.29, 0.717) is 0 Å². The number of benzene rings is 1. The zero-order chi connectivity index (χ0) is 13.1. The van der Waals surface area contributed by atoms with E-state index in [-0.39, 0.29) is 21.7 Å². The average Bonchev–Trinajstić information content (AvgIpc) is 2.28. The average molecular weight is 282 g/mol. The van der Waals surface area contributed by atoms with Gasteiger partial charge in [0, 0.05) is 4.90 Å². The van der Waals surface area contributed by atoms with Gasteiger partial charge in [-0.05, 0) is 30.7 Å². The smallest absolute Gasteiger partial charge is 0.258 e. The molecular weight excluding hydrogens is 274 g/mol. The molecule has 0 aliphatic rings. The van der Waals surface area contributed by atoms with Gasteiger partial charge in [0.15, 0.2) is 5.03 Å². The van der Waals surface area contributed by atoms with Gasteiger partial charge < -0.3 is 0 Å². The SMILES string of the molecule is Cc1nc(Cl)nc(Sc2ccccc2)c1[N+](=O)[O-]. The molecule has 0 spiro atoms. The number of nitrogens with zero attached hydrogens (tertiary/aromatic N) is 3. The molecule has 0 unspecified atom stereocenters. The Labute approximate surface area is 112 Å². The van der Waals surface area contributed by atoms with Crippen LogP contribution in [-0.4, -0.2) is 14.9 Å². The Balaban J connectivity index is 2.46. The maximum absolute atomic E-state index is 11.0. The Hall–Kier alpha value is -1.66. The third kappa shape index (κ3) is 2.77. The summed E-state index contributed by atoms with van der Waals surface area (Å²) in [5.41, 5.74) is 0.159. The summed E-state index contributed by atoms with van der Waals surface area (Å²) >= 11 is 6.93. The monoisotopic (exact) mass is 281 g/mol. The predicted molar refractivity (Wildman–Crippen MR) is 69.0 cm³/mol. The van der Waals surface area contributed by atoms with Gasteiger partial charge in [-0.15, -0.1) is 0 Å². The molecule has 0 aliphatic heterocycles. The topological polar surface area (TPSA) is 68.9 Å². The molecule has 5 nitrogen and oxygen atoms in total. The number of nitro groups is 1. The molecule has 0 radical (unpaired) electrons. The molecule has 1 heterocycles. The Morgan fingerprint density at radius 2 is 1.94 bits per heavy atom. The lowest BCUT2D eigenvalue weighted by molar-refractivity contribution is -0.389. The Kier molecular flexibility index (Phi) is 3.78. The molecule has 18 heavy (non-hydrogen) atoms. The second-order valence-corrected chi connectivity index (χ2v) is 4.80. The molecule has 0 fully saturated rings. The van der Waals surface area contributed by atoms with Crippen LogP contribution in [0.5, 0.6) is 0 Å². The number of halogens is 1. The predicted octanol–water partition coefficient (Wildman–Crippen LogP) is 3.50. The lowest BCUT2D eigenvalue weighted by Gasteiger charge is -2.04. The molecule has 7 heteroatoms. The van der Waals surface area contributed by atoms with E-state index in [1.165, 1.54) is 11.8 Å². The second kappa shape index (κ2) is 5.32. The highest BCUT2D eigenvalue weighted by atomic mass is 35.5. The van der Waals surface area contributed by atoms with E-state index in [1.54, 1.807) is 6.92 Å². The van der Waals surface area contributed by atoms with Gasteiger partial charge in [-0.3, -0.25) is 10.1 Å². The molecule has 0 N–H and O–H groups in total. The second-order valence-electron chi connectivity index (χ2n) is 3.40. The summed E-state index contributed by atoms with van der Waals surface area (Å²) in [5, 5.41) is 11.3. The van der Waals surface area contributed by atoms with E-state index in [1.807, 2.05) is 30.3 Å². The van der Waals surface area contributed by atoms with Crippen LogP contribution in [0.15, 0.2) is 40.3 Å². The third-order valence-corrected chi connectivity index (χ3v) is 3.29. The van der Waals surface area contributed by atoms with Gasteiger partial charge in [0.25, 0.3) is 0 Å². The van der Waals surface area contributed by atoms with Crippen molar-refractivity contribution in [1.29, 1.82) is 0 Å². The lowest BCUT2D eigenvalue weighted by Crippen LogP contribution is -2.00. The molecule has 2 aromatic rings. The first kappa shape index (κ1) is 12.8. The van der Waals surface area contributed by atoms with Crippen LogP contribution in [0.25, 0.3) is 0 Å². The quantitative estimate of drug-likeness (QED) is 0.373. The maximum atomic E-state index is 11.0. The first-order valence-electron chi connectivity index (χ1n) is 4.99. The van der Waals surface area contributed by atoms with Crippen molar-refractivity contribution in [3.05, 3.63) is 51.4 Å². The summed E-state index contributed by atoms with van der Waals surface area (Å²) in [6.45, 7) is 1.54.